The van der Waals surface area contributed by atoms with Crippen LogP contribution in [0, 0.1) is 28.6 Å². The maximum Gasteiger partial charge on any atom is 0.375 e. The van der Waals surface area contributed by atoms with Crippen LogP contribution < -0.4 is 0 Å². The Hall–Kier alpha value is -2.29. The molecule has 0 amide bonds. The number of aliphatic hydroxyl groups is 1. The van der Waals surface area contributed by atoms with Crippen molar-refractivity contribution in [3.05, 3.63) is 47.2 Å². The number of hydrogen-bond acceptors (Lipinski definition) is 7. The minimum atomic E-state index is -1.53. The van der Waals surface area contributed by atoms with E-state index < -0.39 is 33.4 Å². The second-order valence-electron chi connectivity index (χ2n) is 12.1. The Labute approximate surface area is 230 Å². The third-order valence-electron chi connectivity index (χ3n) is 10.6. The van der Waals surface area contributed by atoms with Gasteiger partial charge in [0.25, 0.3) is 0 Å². The van der Waals surface area contributed by atoms with Gasteiger partial charge in [-0.1, -0.05) is 26.3 Å². The van der Waals surface area contributed by atoms with E-state index in [2.05, 4.69) is 12.0 Å². The van der Waals surface area contributed by atoms with Crippen molar-refractivity contribution in [3.8, 4) is 0 Å². The van der Waals surface area contributed by atoms with E-state index in [0.29, 0.717) is 25.0 Å². The van der Waals surface area contributed by atoms with Crippen molar-refractivity contribution in [2.24, 2.45) is 28.6 Å². The number of furan rings is 1. The van der Waals surface area contributed by atoms with Gasteiger partial charge in [0, 0.05) is 22.3 Å². The summed E-state index contributed by atoms with van der Waals surface area (Å²) in [6.45, 7) is 5.96. The van der Waals surface area contributed by atoms with Gasteiger partial charge in [-0.2, -0.15) is 0 Å². The molecule has 0 spiro atoms. The molecule has 3 fully saturated rings. The van der Waals surface area contributed by atoms with Crippen LogP contribution in [0.1, 0.15) is 68.3 Å². The average molecular weight is 563 g/mol. The fourth-order valence-electron chi connectivity index (χ4n) is 8.92. The maximum absolute atomic E-state index is 13.7. The van der Waals surface area contributed by atoms with Gasteiger partial charge in [-0.3, -0.25) is 4.79 Å². The first-order chi connectivity index (χ1) is 17.9. The molecule has 204 valence electrons. The largest absolute Gasteiger partial charge is 0.457 e. The number of esters is 1. The molecular weight excluding hydrogens is 531 g/mol. The van der Waals surface area contributed by atoms with Crippen LogP contribution in [0.25, 0.3) is 6.08 Å². The van der Waals surface area contributed by atoms with Gasteiger partial charge in [-0.05, 0) is 62.1 Å². The molecule has 4 aliphatic carbocycles. The topological polar surface area (TPSA) is 115 Å². The Bertz CT molecular complexity index is 1340. The zero-order valence-corrected chi connectivity index (χ0v) is 23.1. The summed E-state index contributed by atoms with van der Waals surface area (Å²) < 4.78 is 11.4. The van der Waals surface area contributed by atoms with Crippen LogP contribution in [0.2, 0.25) is 0 Å². The van der Waals surface area contributed by atoms with Gasteiger partial charge in [0.1, 0.15) is 5.69 Å². The molecule has 10 heteroatoms. The quantitative estimate of drug-likeness (QED) is 0.310. The fraction of sp³-hybridized carbons (Fsp3) is 0.607. The molecule has 0 aliphatic heterocycles. The lowest BCUT2D eigenvalue weighted by atomic mass is 9.44. The number of Topliss-reactive ketones (excluding diaryl/α,β-unsaturated/α-hetero) is 1. The number of fused-ring (bicyclic) bond motifs is 6. The molecule has 2 aromatic rings. The van der Waals surface area contributed by atoms with E-state index >= 15 is 0 Å². The fourth-order valence-corrected chi connectivity index (χ4v) is 9.64. The first kappa shape index (κ1) is 26.0. The van der Waals surface area contributed by atoms with Gasteiger partial charge in [0.2, 0.25) is 5.76 Å². The van der Waals surface area contributed by atoms with E-state index in [0.717, 1.165) is 22.4 Å². The first-order valence-electron chi connectivity index (χ1n) is 13.1. The van der Waals surface area contributed by atoms with E-state index in [1.54, 1.807) is 12.3 Å². The highest BCUT2D eigenvalue weighted by atomic mass is 35.5. The average Bonchev–Trinajstić information content (AvgIpc) is 3.58. The minimum absolute atomic E-state index is 0.0106. The molecule has 0 aromatic carbocycles. The summed E-state index contributed by atoms with van der Waals surface area (Å²) >= 11 is 13.8. The van der Waals surface area contributed by atoms with Gasteiger partial charge in [-0.25, -0.2) is 4.79 Å². The number of ketones is 1. The lowest BCUT2D eigenvalue weighted by Gasteiger charge is -2.64. The molecule has 0 radical (unpaired) electrons. The van der Waals surface area contributed by atoms with Crippen molar-refractivity contribution in [1.82, 2.24) is 9.94 Å². The summed E-state index contributed by atoms with van der Waals surface area (Å²) in [6.07, 6.45) is 6.72. The Morgan fingerprint density at radius 1 is 1.32 bits per heavy atom. The minimum Gasteiger partial charge on any atom is -0.457 e. The third-order valence-corrected chi connectivity index (χ3v) is 11.8. The zero-order chi connectivity index (χ0) is 27.3. The van der Waals surface area contributed by atoms with Crippen molar-refractivity contribution < 1.29 is 29.1 Å². The highest BCUT2D eigenvalue weighted by Gasteiger charge is 2.76. The number of carbonyl (C=O) groups is 2. The van der Waals surface area contributed by atoms with Gasteiger partial charge in [0.05, 0.1) is 29.3 Å². The molecule has 2 heterocycles. The normalized spacial score (nSPS) is 41.4. The monoisotopic (exact) mass is 562 g/mol. The predicted octanol–water partition coefficient (Wildman–Crippen LogP) is 4.88. The van der Waals surface area contributed by atoms with Crippen molar-refractivity contribution in [1.29, 1.82) is 0 Å². The van der Waals surface area contributed by atoms with Gasteiger partial charge in [0.15, 0.2) is 11.4 Å². The van der Waals surface area contributed by atoms with Crippen LogP contribution in [0.5, 0.6) is 0 Å². The van der Waals surface area contributed by atoms with Crippen LogP contribution in [0.3, 0.4) is 0 Å². The van der Waals surface area contributed by atoms with Crippen molar-refractivity contribution in [3.63, 3.8) is 0 Å². The van der Waals surface area contributed by atoms with Crippen molar-refractivity contribution in [2.75, 3.05) is 5.88 Å². The van der Waals surface area contributed by atoms with Gasteiger partial charge in [-0.15, -0.1) is 33.1 Å². The lowest BCUT2D eigenvalue weighted by Crippen LogP contribution is -2.70. The van der Waals surface area contributed by atoms with Crippen LogP contribution in [-0.4, -0.2) is 54.5 Å². The SMILES string of the molecule is C[C@@H]1C[C@H]2[C@@H]3CCC4=Cc5c(cnn5O)C[C@]4(C)[C@@]3(Cl)[C@@H](O)C[C@]2(C)[C@@]1(OC(=O)c1ccco1)C(=O)CCl. The maximum atomic E-state index is 13.7. The number of carbonyl (C=O) groups excluding carboxylic acids is 2. The number of allylic oxidation sites excluding steroid dienone is 1. The Balaban J connectivity index is 1.44. The molecule has 8 nitrogen and oxygen atoms in total. The molecule has 2 N–H and O–H groups in total. The number of aliphatic hydroxyl groups excluding tert-OH is 1. The van der Waals surface area contributed by atoms with Crippen molar-refractivity contribution in [2.45, 2.75) is 69.5 Å². The van der Waals surface area contributed by atoms with Crippen LogP contribution in [0.4, 0.5) is 0 Å². The van der Waals surface area contributed by atoms with E-state index in [4.69, 9.17) is 32.4 Å². The first-order valence-corrected chi connectivity index (χ1v) is 14.1. The Morgan fingerprint density at radius 2 is 2.08 bits per heavy atom. The lowest BCUT2D eigenvalue weighted by molar-refractivity contribution is -0.179. The molecule has 2 aromatic heterocycles. The third kappa shape index (κ3) is 3.00. The Kier molecular flexibility index (Phi) is 5.71. The highest BCUT2D eigenvalue weighted by molar-refractivity contribution is 6.29. The second-order valence-corrected chi connectivity index (χ2v) is 13.0. The summed E-state index contributed by atoms with van der Waals surface area (Å²) in [5.74, 6) is -1.99. The number of alkyl halides is 2. The number of rotatable bonds is 4. The van der Waals surface area contributed by atoms with Gasteiger partial charge >= 0.3 is 5.97 Å². The molecule has 38 heavy (non-hydrogen) atoms. The molecule has 6 rings (SSSR count). The Morgan fingerprint density at radius 3 is 2.76 bits per heavy atom. The van der Waals surface area contributed by atoms with E-state index in [-0.39, 0.29) is 41.6 Å². The molecular formula is C28H32Cl2N2O6. The number of ether oxygens (including phenoxy) is 1. The summed E-state index contributed by atoms with van der Waals surface area (Å²) in [6, 6.07) is 3.09. The number of hydrogen-bond donors (Lipinski definition) is 2. The predicted molar refractivity (Wildman–Crippen MR) is 139 cm³/mol. The summed E-state index contributed by atoms with van der Waals surface area (Å²) in [5.41, 5.74) is -0.415. The number of nitrogens with zero attached hydrogens (tertiary/aromatic N) is 2. The molecule has 4 aliphatic rings. The van der Waals surface area contributed by atoms with Crippen LogP contribution in [-0.2, 0) is 16.0 Å². The van der Waals surface area contributed by atoms with Crippen molar-refractivity contribution >= 4 is 41.0 Å². The van der Waals surface area contributed by atoms with Crippen LogP contribution in [0.15, 0.2) is 34.6 Å². The zero-order valence-electron chi connectivity index (χ0n) is 21.6. The number of halogens is 2. The standard InChI is InChI=1S/C28H32Cl2N2O6/c1-15-9-19-18-7-6-17-10-20-16(14-31-32(20)36)11-25(17,2)27(18,30)22(33)12-26(19,3)28(15,23(34)13-29)38-24(35)21-5-4-8-37-21/h4-5,8,10,14-15,18-19,22,33,36H,6-7,9,11-13H2,1-3H3/t15-,18+,19+,22+,25+,26+,27+,28+/m1/s1. The molecule has 3 saturated carbocycles. The van der Waals surface area contributed by atoms with E-state index in [1.165, 1.54) is 12.3 Å². The number of aromatic nitrogens is 2. The molecule has 0 saturated heterocycles. The van der Waals surface area contributed by atoms with E-state index in [9.17, 15) is 19.9 Å². The highest BCUT2D eigenvalue weighted by Crippen LogP contribution is 2.72. The smallest absolute Gasteiger partial charge is 0.375 e. The molecule has 0 unspecified atom stereocenters. The molecule has 0 bridgehead atoms. The van der Waals surface area contributed by atoms with Gasteiger partial charge < -0.3 is 19.5 Å². The molecule has 8 atom stereocenters. The summed E-state index contributed by atoms with van der Waals surface area (Å²) in [4.78, 5) is 26.8. The second kappa shape index (κ2) is 8.35. The summed E-state index contributed by atoms with van der Waals surface area (Å²) in [5, 5.41) is 26.2. The van der Waals surface area contributed by atoms with Crippen LogP contribution >= 0.6 is 23.2 Å². The summed E-state index contributed by atoms with van der Waals surface area (Å²) in [7, 11) is 0. The van der Waals surface area contributed by atoms with E-state index in [1.807, 2.05) is 19.9 Å².